The van der Waals surface area contributed by atoms with Crippen LogP contribution in [0.2, 0.25) is 0 Å². The molecule has 4 heteroatoms. The molecular weight excluding hydrogens is 308 g/mol. The second kappa shape index (κ2) is 6.45. The van der Waals surface area contributed by atoms with Gasteiger partial charge in [0.2, 0.25) is 0 Å². The predicted molar refractivity (Wildman–Crippen MR) is 97.7 cm³/mol. The Bertz CT molecular complexity index is 591. The van der Waals surface area contributed by atoms with Gasteiger partial charge in [0, 0.05) is 31.1 Å². The summed E-state index contributed by atoms with van der Waals surface area (Å²) in [5.41, 5.74) is 3.92. The van der Waals surface area contributed by atoms with E-state index in [-0.39, 0.29) is 29.1 Å². The summed E-state index contributed by atoms with van der Waals surface area (Å²) in [6.45, 7) is 12.0. The first kappa shape index (κ1) is 18.3. The molecule has 0 aromatic heterocycles. The van der Waals surface area contributed by atoms with Crippen molar-refractivity contribution in [3.8, 4) is 0 Å². The molecule has 1 amide bonds. The Kier molecular flexibility index (Phi) is 5.12. The Morgan fingerprint density at radius 2 is 1.74 bits per heavy atom. The Morgan fingerprint density at radius 3 is 2.30 bits per heavy atom. The molecule has 1 aliphatic carbocycles. The van der Waals surface area contributed by atoms with Gasteiger partial charge in [-0.3, -0.25) is 4.79 Å². The van der Waals surface area contributed by atoms with E-state index in [4.69, 9.17) is 0 Å². The van der Waals surface area contributed by atoms with Gasteiger partial charge in [0.05, 0.1) is 0 Å². The van der Waals surface area contributed by atoms with Gasteiger partial charge >= 0.3 is 0 Å². The summed E-state index contributed by atoms with van der Waals surface area (Å²) in [5.74, 6) is 0.658. The molecule has 2 aliphatic rings. The standard InChI is InChI=1S/C19H28N2O.ClH/c1-18(2)7-8-19(3,4)16-9-14(5-6-15(16)18)17(22)21-12-13-10-20-11-13;/h5-6,9,13,20H,7-8,10-12H2,1-4H3,(H,21,22);1H. The number of nitrogens with one attached hydrogen (secondary N) is 2. The molecule has 0 radical (unpaired) electrons. The second-order valence-corrected chi connectivity index (χ2v) is 8.26. The van der Waals surface area contributed by atoms with E-state index in [9.17, 15) is 4.79 Å². The van der Waals surface area contributed by atoms with Gasteiger partial charge in [0.25, 0.3) is 5.91 Å². The van der Waals surface area contributed by atoms with Gasteiger partial charge in [-0.1, -0.05) is 33.8 Å². The number of fused-ring (bicyclic) bond motifs is 1. The van der Waals surface area contributed by atoms with Gasteiger partial charge in [-0.15, -0.1) is 12.4 Å². The molecule has 1 aromatic rings. The van der Waals surface area contributed by atoms with Crippen LogP contribution >= 0.6 is 12.4 Å². The fraction of sp³-hybridized carbons (Fsp3) is 0.632. The normalized spacial score (nSPS) is 21.6. The summed E-state index contributed by atoms with van der Waals surface area (Å²) in [5, 5.41) is 6.31. The summed E-state index contributed by atoms with van der Waals surface area (Å²) in [6, 6.07) is 6.30. The average Bonchev–Trinajstić information content (AvgIpc) is 2.42. The molecule has 1 saturated heterocycles. The molecule has 1 aliphatic heterocycles. The number of halogens is 1. The Balaban J connectivity index is 0.00000192. The Labute approximate surface area is 146 Å². The molecule has 0 spiro atoms. The van der Waals surface area contributed by atoms with Crippen molar-refractivity contribution >= 4 is 18.3 Å². The van der Waals surface area contributed by atoms with Crippen LogP contribution in [0.5, 0.6) is 0 Å². The number of benzene rings is 1. The lowest BCUT2D eigenvalue weighted by Crippen LogP contribution is -2.48. The van der Waals surface area contributed by atoms with E-state index in [0.717, 1.165) is 25.2 Å². The van der Waals surface area contributed by atoms with Crippen LogP contribution < -0.4 is 10.6 Å². The van der Waals surface area contributed by atoms with E-state index in [1.807, 2.05) is 6.07 Å². The number of rotatable bonds is 3. The van der Waals surface area contributed by atoms with E-state index in [1.165, 1.54) is 24.0 Å². The third-order valence-electron chi connectivity index (χ3n) is 5.53. The van der Waals surface area contributed by atoms with Gasteiger partial charge in [-0.2, -0.15) is 0 Å². The van der Waals surface area contributed by atoms with Crippen LogP contribution in [-0.2, 0) is 10.8 Å². The predicted octanol–water partition coefficient (Wildman–Crippen LogP) is 3.41. The zero-order chi connectivity index (χ0) is 16.0. The van der Waals surface area contributed by atoms with Crippen molar-refractivity contribution in [2.24, 2.45) is 5.92 Å². The maximum atomic E-state index is 12.4. The van der Waals surface area contributed by atoms with Gasteiger partial charge < -0.3 is 10.6 Å². The number of carbonyl (C=O) groups is 1. The third-order valence-corrected chi connectivity index (χ3v) is 5.53. The highest BCUT2D eigenvalue weighted by molar-refractivity contribution is 5.94. The minimum Gasteiger partial charge on any atom is -0.352 e. The maximum absolute atomic E-state index is 12.4. The van der Waals surface area contributed by atoms with E-state index < -0.39 is 0 Å². The topological polar surface area (TPSA) is 41.1 Å². The number of hydrogen-bond acceptors (Lipinski definition) is 2. The molecule has 0 saturated carbocycles. The first-order valence-electron chi connectivity index (χ1n) is 8.43. The van der Waals surface area contributed by atoms with Gasteiger partial charge in [0.1, 0.15) is 0 Å². The third kappa shape index (κ3) is 3.56. The lowest BCUT2D eigenvalue weighted by molar-refractivity contribution is 0.0942. The SMILES string of the molecule is CC1(C)CCC(C)(C)c2cc(C(=O)NCC3CNC3)ccc21.Cl. The van der Waals surface area contributed by atoms with Crippen molar-refractivity contribution in [1.82, 2.24) is 10.6 Å². The van der Waals surface area contributed by atoms with Crippen LogP contribution in [0.15, 0.2) is 18.2 Å². The second-order valence-electron chi connectivity index (χ2n) is 8.26. The largest absolute Gasteiger partial charge is 0.352 e. The zero-order valence-corrected chi connectivity index (χ0v) is 15.5. The number of hydrogen-bond donors (Lipinski definition) is 2. The molecule has 2 N–H and O–H groups in total. The molecule has 1 heterocycles. The van der Waals surface area contributed by atoms with Gasteiger partial charge in [-0.25, -0.2) is 0 Å². The maximum Gasteiger partial charge on any atom is 0.251 e. The summed E-state index contributed by atoms with van der Waals surface area (Å²) < 4.78 is 0. The monoisotopic (exact) mass is 336 g/mol. The van der Waals surface area contributed by atoms with Crippen molar-refractivity contribution < 1.29 is 4.79 Å². The van der Waals surface area contributed by atoms with Crippen molar-refractivity contribution in [2.75, 3.05) is 19.6 Å². The van der Waals surface area contributed by atoms with Gasteiger partial charge in [-0.05, 0) is 46.9 Å². The lowest BCUT2D eigenvalue weighted by atomic mass is 9.63. The molecule has 3 nitrogen and oxygen atoms in total. The van der Waals surface area contributed by atoms with E-state index in [1.54, 1.807) is 0 Å². The van der Waals surface area contributed by atoms with Gasteiger partial charge in [0.15, 0.2) is 0 Å². The highest BCUT2D eigenvalue weighted by Gasteiger charge is 2.37. The zero-order valence-electron chi connectivity index (χ0n) is 14.7. The molecule has 0 unspecified atom stereocenters. The van der Waals surface area contributed by atoms with Crippen molar-refractivity contribution in [2.45, 2.75) is 51.4 Å². The van der Waals surface area contributed by atoms with E-state index in [2.05, 4.69) is 50.5 Å². The summed E-state index contributed by atoms with van der Waals surface area (Å²) in [4.78, 5) is 12.4. The van der Waals surface area contributed by atoms with Crippen molar-refractivity contribution in [1.29, 1.82) is 0 Å². The Morgan fingerprint density at radius 1 is 1.13 bits per heavy atom. The van der Waals surface area contributed by atoms with Crippen LogP contribution in [0.4, 0.5) is 0 Å². The van der Waals surface area contributed by atoms with Crippen LogP contribution in [-0.4, -0.2) is 25.5 Å². The summed E-state index contributed by atoms with van der Waals surface area (Å²) in [6.07, 6.45) is 2.37. The lowest BCUT2D eigenvalue weighted by Gasteiger charge is -2.42. The smallest absolute Gasteiger partial charge is 0.251 e. The van der Waals surface area contributed by atoms with Crippen LogP contribution in [0.25, 0.3) is 0 Å². The highest BCUT2D eigenvalue weighted by Crippen LogP contribution is 2.45. The quantitative estimate of drug-likeness (QED) is 0.888. The van der Waals surface area contributed by atoms with E-state index >= 15 is 0 Å². The first-order chi connectivity index (χ1) is 10.3. The average molecular weight is 337 g/mol. The molecule has 0 atom stereocenters. The van der Waals surface area contributed by atoms with Crippen LogP contribution in [0.1, 0.15) is 62.0 Å². The molecule has 23 heavy (non-hydrogen) atoms. The fourth-order valence-electron chi connectivity index (χ4n) is 3.56. The summed E-state index contributed by atoms with van der Waals surface area (Å²) in [7, 11) is 0. The molecular formula is C19H29ClN2O. The molecule has 3 rings (SSSR count). The van der Waals surface area contributed by atoms with Crippen LogP contribution in [0.3, 0.4) is 0 Å². The van der Waals surface area contributed by atoms with Crippen molar-refractivity contribution in [3.05, 3.63) is 34.9 Å². The number of amides is 1. The number of carbonyl (C=O) groups excluding carboxylic acids is 1. The molecule has 1 aromatic carbocycles. The van der Waals surface area contributed by atoms with Crippen molar-refractivity contribution in [3.63, 3.8) is 0 Å². The molecule has 128 valence electrons. The van der Waals surface area contributed by atoms with Crippen LogP contribution in [0, 0.1) is 5.92 Å². The summed E-state index contributed by atoms with van der Waals surface area (Å²) >= 11 is 0. The first-order valence-corrected chi connectivity index (χ1v) is 8.43. The molecule has 1 fully saturated rings. The highest BCUT2D eigenvalue weighted by atomic mass is 35.5. The van der Waals surface area contributed by atoms with E-state index in [0.29, 0.717) is 5.92 Å². The minimum atomic E-state index is 0. The Hall–Kier alpha value is -1.06. The fourth-order valence-corrected chi connectivity index (χ4v) is 3.56. The molecule has 0 bridgehead atoms. The minimum absolute atomic E-state index is 0.